The molecule has 0 bridgehead atoms. The lowest BCUT2D eigenvalue weighted by molar-refractivity contribution is 0.102. The molecule has 0 fully saturated rings. The number of imidazole rings is 1. The van der Waals surface area contributed by atoms with Crippen molar-refractivity contribution in [2.45, 2.75) is 6.92 Å². The van der Waals surface area contributed by atoms with Gasteiger partial charge in [0.25, 0.3) is 5.91 Å². The zero-order valence-electron chi connectivity index (χ0n) is 14.8. The third-order valence-electron chi connectivity index (χ3n) is 4.19. The van der Waals surface area contributed by atoms with E-state index in [2.05, 4.69) is 15.3 Å². The van der Waals surface area contributed by atoms with Gasteiger partial charge in [-0.3, -0.25) is 9.36 Å². The molecule has 0 saturated heterocycles. The summed E-state index contributed by atoms with van der Waals surface area (Å²) in [5.74, 6) is 1.06. The molecule has 4 rings (SSSR count). The molecular weight excluding hydrogens is 340 g/mol. The number of pyridine rings is 1. The Labute approximate surface area is 156 Å². The van der Waals surface area contributed by atoms with E-state index < -0.39 is 0 Å². The number of carbonyl (C=O) groups is 1. The molecule has 0 aliphatic rings. The molecule has 0 aliphatic heterocycles. The molecule has 0 aliphatic carbocycles. The Morgan fingerprint density at radius 1 is 1.15 bits per heavy atom. The molecule has 1 amide bonds. The summed E-state index contributed by atoms with van der Waals surface area (Å²) >= 11 is 0. The predicted octanol–water partition coefficient (Wildman–Crippen LogP) is 4.07. The van der Waals surface area contributed by atoms with Gasteiger partial charge >= 0.3 is 0 Å². The first kappa shape index (κ1) is 16.8. The second-order valence-electron chi connectivity index (χ2n) is 5.92. The number of nitrogens with one attached hydrogen (secondary N) is 1. The summed E-state index contributed by atoms with van der Waals surface area (Å²) in [5.41, 5.74) is 1.13. The standard InChI is InChI=1S/C21H18N4O2/c1-2-27-18-9-7-15-5-3-4-6-17(15)20(18)21(26)24-16-8-10-19(23-13-16)25-12-11-22-14-25/h3-14H,2H2,1H3,(H,24,26). The van der Waals surface area contributed by atoms with Crippen molar-refractivity contribution in [3.05, 3.63) is 79.0 Å². The van der Waals surface area contributed by atoms with Crippen molar-refractivity contribution >= 4 is 22.4 Å². The van der Waals surface area contributed by atoms with Crippen molar-refractivity contribution in [2.24, 2.45) is 0 Å². The number of fused-ring (bicyclic) bond motifs is 1. The van der Waals surface area contributed by atoms with Gasteiger partial charge in [0.05, 0.1) is 24.1 Å². The minimum atomic E-state index is -0.229. The van der Waals surface area contributed by atoms with Crippen molar-refractivity contribution in [1.29, 1.82) is 0 Å². The maximum absolute atomic E-state index is 13.0. The van der Waals surface area contributed by atoms with Crippen LogP contribution in [0, 0.1) is 0 Å². The van der Waals surface area contributed by atoms with Crippen LogP contribution in [-0.2, 0) is 0 Å². The first-order valence-electron chi connectivity index (χ1n) is 8.66. The quantitative estimate of drug-likeness (QED) is 0.584. The average Bonchev–Trinajstić information content (AvgIpc) is 3.23. The van der Waals surface area contributed by atoms with E-state index in [1.165, 1.54) is 0 Å². The van der Waals surface area contributed by atoms with E-state index in [0.717, 1.165) is 16.6 Å². The number of amides is 1. The van der Waals surface area contributed by atoms with Gasteiger partial charge in [-0.2, -0.15) is 0 Å². The normalized spacial score (nSPS) is 10.7. The van der Waals surface area contributed by atoms with Crippen LogP contribution in [-0.4, -0.2) is 27.0 Å². The zero-order valence-corrected chi connectivity index (χ0v) is 14.8. The first-order valence-corrected chi connectivity index (χ1v) is 8.66. The summed E-state index contributed by atoms with van der Waals surface area (Å²) in [5, 5.41) is 4.75. The molecule has 0 atom stereocenters. The first-order chi connectivity index (χ1) is 13.3. The number of hydrogen-bond acceptors (Lipinski definition) is 4. The van der Waals surface area contributed by atoms with E-state index in [9.17, 15) is 4.79 Å². The van der Waals surface area contributed by atoms with E-state index in [1.54, 1.807) is 23.3 Å². The Morgan fingerprint density at radius 3 is 2.78 bits per heavy atom. The topological polar surface area (TPSA) is 69.0 Å². The van der Waals surface area contributed by atoms with Crippen LogP contribution in [0.3, 0.4) is 0 Å². The molecular formula is C21H18N4O2. The maximum Gasteiger partial charge on any atom is 0.260 e. The monoisotopic (exact) mass is 358 g/mol. The Morgan fingerprint density at radius 2 is 2.04 bits per heavy atom. The summed E-state index contributed by atoms with van der Waals surface area (Å²) in [6.45, 7) is 2.38. The molecule has 134 valence electrons. The molecule has 1 N–H and O–H groups in total. The van der Waals surface area contributed by atoms with Crippen LogP contribution in [0.2, 0.25) is 0 Å². The minimum Gasteiger partial charge on any atom is -0.493 e. The molecule has 6 heteroatoms. The lowest BCUT2D eigenvalue weighted by atomic mass is 10.0. The largest absolute Gasteiger partial charge is 0.493 e. The van der Waals surface area contributed by atoms with Crippen LogP contribution in [0.4, 0.5) is 5.69 Å². The smallest absolute Gasteiger partial charge is 0.260 e. The van der Waals surface area contributed by atoms with Crippen LogP contribution in [0.1, 0.15) is 17.3 Å². The number of anilines is 1. The number of ether oxygens (including phenoxy) is 1. The van der Waals surface area contributed by atoms with Crippen LogP contribution in [0.15, 0.2) is 73.4 Å². The van der Waals surface area contributed by atoms with E-state index in [-0.39, 0.29) is 5.91 Å². The second kappa shape index (κ2) is 7.29. The Balaban J connectivity index is 1.65. The van der Waals surface area contributed by atoms with Gasteiger partial charge in [-0.1, -0.05) is 30.3 Å². The van der Waals surface area contributed by atoms with Crippen molar-refractivity contribution in [3.63, 3.8) is 0 Å². The van der Waals surface area contributed by atoms with Crippen LogP contribution in [0.5, 0.6) is 5.75 Å². The van der Waals surface area contributed by atoms with Crippen molar-refractivity contribution in [3.8, 4) is 11.6 Å². The van der Waals surface area contributed by atoms with Crippen LogP contribution in [0.25, 0.3) is 16.6 Å². The lowest BCUT2D eigenvalue weighted by Crippen LogP contribution is -2.14. The zero-order chi connectivity index (χ0) is 18.6. The van der Waals surface area contributed by atoms with Crippen molar-refractivity contribution in [2.75, 3.05) is 11.9 Å². The highest BCUT2D eigenvalue weighted by Crippen LogP contribution is 2.29. The number of aromatic nitrogens is 3. The van der Waals surface area contributed by atoms with Gasteiger partial charge in [-0.15, -0.1) is 0 Å². The Kier molecular flexibility index (Phi) is 4.53. The molecule has 0 radical (unpaired) electrons. The minimum absolute atomic E-state index is 0.229. The number of benzene rings is 2. The highest BCUT2D eigenvalue weighted by Gasteiger charge is 2.17. The van der Waals surface area contributed by atoms with Gasteiger partial charge in [0.1, 0.15) is 17.9 Å². The van der Waals surface area contributed by atoms with Gasteiger partial charge in [-0.25, -0.2) is 9.97 Å². The van der Waals surface area contributed by atoms with E-state index in [0.29, 0.717) is 23.6 Å². The third-order valence-corrected chi connectivity index (χ3v) is 4.19. The van der Waals surface area contributed by atoms with Crippen LogP contribution < -0.4 is 10.1 Å². The van der Waals surface area contributed by atoms with Gasteiger partial charge in [0, 0.05) is 12.4 Å². The number of rotatable bonds is 5. The lowest BCUT2D eigenvalue weighted by Gasteiger charge is -2.13. The van der Waals surface area contributed by atoms with Gasteiger partial charge < -0.3 is 10.1 Å². The van der Waals surface area contributed by atoms with Crippen LogP contribution >= 0.6 is 0 Å². The number of hydrogen-bond donors (Lipinski definition) is 1. The predicted molar refractivity (Wildman–Crippen MR) is 104 cm³/mol. The Bertz CT molecular complexity index is 1070. The summed E-state index contributed by atoms with van der Waals surface area (Å²) < 4.78 is 7.48. The molecule has 2 aromatic heterocycles. The third kappa shape index (κ3) is 3.37. The maximum atomic E-state index is 13.0. The molecule has 0 unspecified atom stereocenters. The fourth-order valence-corrected chi connectivity index (χ4v) is 2.96. The highest BCUT2D eigenvalue weighted by atomic mass is 16.5. The molecule has 0 spiro atoms. The number of carbonyl (C=O) groups excluding carboxylic acids is 1. The molecule has 2 aromatic carbocycles. The van der Waals surface area contributed by atoms with E-state index in [4.69, 9.17) is 4.74 Å². The average molecular weight is 358 g/mol. The van der Waals surface area contributed by atoms with Gasteiger partial charge in [-0.05, 0) is 35.9 Å². The summed E-state index contributed by atoms with van der Waals surface area (Å²) in [7, 11) is 0. The summed E-state index contributed by atoms with van der Waals surface area (Å²) in [6.07, 6.45) is 6.79. The number of nitrogens with zero attached hydrogens (tertiary/aromatic N) is 3. The van der Waals surface area contributed by atoms with Gasteiger partial charge in [0.2, 0.25) is 0 Å². The summed E-state index contributed by atoms with van der Waals surface area (Å²) in [6, 6.07) is 15.2. The fraction of sp³-hybridized carbons (Fsp3) is 0.0952. The van der Waals surface area contributed by atoms with Crippen molar-refractivity contribution in [1.82, 2.24) is 14.5 Å². The molecule has 2 heterocycles. The second-order valence-corrected chi connectivity index (χ2v) is 5.92. The molecule has 4 aromatic rings. The van der Waals surface area contributed by atoms with Gasteiger partial charge in [0.15, 0.2) is 0 Å². The Hall–Kier alpha value is -3.67. The molecule has 27 heavy (non-hydrogen) atoms. The van der Waals surface area contributed by atoms with E-state index in [1.807, 2.05) is 61.7 Å². The fourth-order valence-electron chi connectivity index (χ4n) is 2.96. The molecule has 0 saturated carbocycles. The van der Waals surface area contributed by atoms with Crippen molar-refractivity contribution < 1.29 is 9.53 Å². The molecule has 6 nitrogen and oxygen atoms in total. The highest BCUT2D eigenvalue weighted by molar-refractivity contribution is 6.15. The van der Waals surface area contributed by atoms with E-state index >= 15 is 0 Å². The summed E-state index contributed by atoms with van der Waals surface area (Å²) in [4.78, 5) is 21.4. The SMILES string of the molecule is CCOc1ccc2ccccc2c1C(=O)Nc1ccc(-n2ccnc2)nc1.